The number of hydrogen-bond donors (Lipinski definition) is 0. The molecule has 7 aromatic rings. The van der Waals surface area contributed by atoms with Gasteiger partial charge in [-0.05, 0) is 170 Å². The molecule has 4 atom stereocenters. The fourth-order valence-corrected chi connectivity index (χ4v) is 13.1. The molecule has 0 N–H and O–H groups in total. The molecule has 60 heavy (non-hydrogen) atoms. The Morgan fingerprint density at radius 1 is 0.533 bits per heavy atom. The Kier molecular flexibility index (Phi) is 6.93. The van der Waals surface area contributed by atoms with Crippen molar-refractivity contribution < 1.29 is 0 Å². The largest absolute Gasteiger partial charge is 0.328 e. The topological polar surface area (TPSA) is 3.24 Å². The fraction of sp³-hybridized carbons (Fsp3) is 0.186. The van der Waals surface area contributed by atoms with Crippen molar-refractivity contribution in [1.82, 2.24) is 0 Å². The number of para-hydroxylation sites is 1. The van der Waals surface area contributed by atoms with Gasteiger partial charge in [-0.25, -0.2) is 0 Å². The molecule has 6 aliphatic rings. The van der Waals surface area contributed by atoms with Crippen LogP contribution in [0.5, 0.6) is 0 Å². The maximum Gasteiger partial charge on any atom is 0.0871 e. The summed E-state index contributed by atoms with van der Waals surface area (Å²) in [7, 11) is 0. The Hall–Kier alpha value is -6.44. The Morgan fingerprint density at radius 3 is 2.03 bits per heavy atom. The second-order valence-corrected chi connectivity index (χ2v) is 18.7. The zero-order valence-electron chi connectivity index (χ0n) is 34.8. The first kappa shape index (κ1) is 34.4. The van der Waals surface area contributed by atoms with Gasteiger partial charge >= 0.3 is 0 Å². The van der Waals surface area contributed by atoms with Crippen molar-refractivity contribution in [3.63, 3.8) is 0 Å². The van der Waals surface area contributed by atoms with Gasteiger partial charge in [0.05, 0.1) is 5.54 Å². The first-order valence-corrected chi connectivity index (χ1v) is 22.0. The first-order chi connectivity index (χ1) is 29.3. The second-order valence-electron chi connectivity index (χ2n) is 18.7. The minimum atomic E-state index is -0.326. The summed E-state index contributed by atoms with van der Waals surface area (Å²) in [6, 6.07) is 57.9. The average molecular weight is 770 g/mol. The second kappa shape index (κ2) is 12.1. The van der Waals surface area contributed by atoms with Crippen LogP contribution in [0.1, 0.15) is 66.6 Å². The maximum atomic E-state index is 2.73. The number of fused-ring (bicyclic) bond motifs is 11. The number of hydrogen-bond acceptors (Lipinski definition) is 1. The molecule has 0 bridgehead atoms. The molecular weight excluding hydrogens is 723 g/mol. The normalized spacial score (nSPS) is 23.4. The van der Waals surface area contributed by atoms with Crippen LogP contribution in [0.25, 0.3) is 50.1 Å². The molecule has 1 nitrogen and oxygen atoms in total. The molecule has 0 fully saturated rings. The van der Waals surface area contributed by atoms with E-state index in [9.17, 15) is 0 Å². The summed E-state index contributed by atoms with van der Waals surface area (Å²) < 4.78 is 0. The lowest BCUT2D eigenvalue weighted by Gasteiger charge is -2.60. The molecule has 4 unspecified atom stereocenters. The van der Waals surface area contributed by atoms with Gasteiger partial charge in [0, 0.05) is 22.7 Å². The van der Waals surface area contributed by atoms with Crippen LogP contribution in [-0.2, 0) is 24.7 Å². The summed E-state index contributed by atoms with van der Waals surface area (Å²) in [6.45, 7) is 9.95. The number of rotatable bonds is 3. The summed E-state index contributed by atoms with van der Waals surface area (Å²) in [5.74, 6) is 0.745. The lowest BCUT2D eigenvalue weighted by molar-refractivity contribution is 0.444. The fourth-order valence-electron chi connectivity index (χ4n) is 13.1. The van der Waals surface area contributed by atoms with Crippen LogP contribution in [0, 0.1) is 11.8 Å². The van der Waals surface area contributed by atoms with Crippen molar-refractivity contribution >= 4 is 16.9 Å². The van der Waals surface area contributed by atoms with E-state index in [2.05, 4.69) is 196 Å². The molecular formula is C59H47N. The van der Waals surface area contributed by atoms with E-state index in [1.54, 1.807) is 22.3 Å². The SMILES string of the molecule is CC1C=CC2(C)C3=C1C(C)C1=C(Cc4ccccc41)C3(C)N(c1ccc(-c3ccc4c(c3)-c3cc5c(c(-c6ccccc6)c3C4)-c3ccccc3C5)cc1)c1ccccc12. The van der Waals surface area contributed by atoms with Gasteiger partial charge in [-0.3, -0.25) is 0 Å². The smallest absolute Gasteiger partial charge is 0.0871 e. The van der Waals surface area contributed by atoms with Gasteiger partial charge in [0.15, 0.2) is 0 Å². The zero-order chi connectivity index (χ0) is 40.1. The highest BCUT2D eigenvalue weighted by atomic mass is 15.2. The molecule has 0 saturated carbocycles. The Labute approximate surface area is 354 Å². The highest BCUT2D eigenvalue weighted by Crippen LogP contribution is 2.66. The third kappa shape index (κ3) is 4.38. The van der Waals surface area contributed by atoms with E-state index in [-0.39, 0.29) is 11.0 Å². The molecule has 0 saturated heterocycles. The molecule has 1 heteroatoms. The summed E-state index contributed by atoms with van der Waals surface area (Å²) >= 11 is 0. The van der Waals surface area contributed by atoms with Crippen molar-refractivity contribution in [3.8, 4) is 44.5 Å². The van der Waals surface area contributed by atoms with Crippen molar-refractivity contribution in [2.45, 2.75) is 57.9 Å². The van der Waals surface area contributed by atoms with Gasteiger partial charge < -0.3 is 4.90 Å². The Bertz CT molecular complexity index is 3120. The van der Waals surface area contributed by atoms with E-state index < -0.39 is 0 Å². The van der Waals surface area contributed by atoms with Crippen LogP contribution < -0.4 is 4.90 Å². The molecule has 0 aromatic heterocycles. The van der Waals surface area contributed by atoms with Crippen molar-refractivity contribution in [1.29, 1.82) is 0 Å². The van der Waals surface area contributed by atoms with Crippen molar-refractivity contribution in [2.24, 2.45) is 11.8 Å². The molecule has 0 radical (unpaired) electrons. The molecule has 13 rings (SSSR count). The van der Waals surface area contributed by atoms with Gasteiger partial charge in [-0.2, -0.15) is 0 Å². The van der Waals surface area contributed by atoms with Crippen LogP contribution >= 0.6 is 0 Å². The summed E-state index contributed by atoms with van der Waals surface area (Å²) in [5, 5.41) is 0. The molecule has 0 spiro atoms. The van der Waals surface area contributed by atoms with E-state index in [1.807, 2.05) is 0 Å². The summed E-state index contributed by atoms with van der Waals surface area (Å²) in [4.78, 5) is 2.73. The Morgan fingerprint density at radius 2 is 1.22 bits per heavy atom. The minimum absolute atomic E-state index is 0.185. The Balaban J connectivity index is 0.947. The standard InChI is InChI=1S/C59H47N/c1-35-28-29-58(3)50-20-12-13-21-52(50)60(59(4)51-34-41-17-9-10-18-45(41)54(51)36(2)53(35)57(58)59)44-26-24-37(25-27-44)39-22-23-42-32-49-48(47(42)31-39)33-43-30-40-16-8-11-19-46(40)56(43)55(49)38-14-6-5-7-15-38/h5-29,31,33,35-36H,30,32,34H2,1-4H3. The average Bonchev–Trinajstić information content (AvgIpc) is 3.98. The quantitative estimate of drug-likeness (QED) is 0.162. The first-order valence-electron chi connectivity index (χ1n) is 22.0. The van der Waals surface area contributed by atoms with Crippen LogP contribution in [0.2, 0.25) is 0 Å². The van der Waals surface area contributed by atoms with Crippen molar-refractivity contribution in [3.05, 3.63) is 219 Å². The lowest BCUT2D eigenvalue weighted by Crippen LogP contribution is -2.59. The summed E-state index contributed by atoms with van der Waals surface area (Å²) in [5.41, 5.74) is 29.4. The molecule has 1 heterocycles. The molecule has 0 amide bonds. The van der Waals surface area contributed by atoms with Gasteiger partial charge in [0.25, 0.3) is 0 Å². The predicted molar refractivity (Wildman–Crippen MR) is 250 cm³/mol. The number of allylic oxidation sites excluding steroid dienone is 4. The maximum absolute atomic E-state index is 2.73. The third-order valence-corrected chi connectivity index (χ3v) is 15.6. The van der Waals surface area contributed by atoms with E-state index in [0.717, 1.165) is 19.3 Å². The molecule has 1 aliphatic heterocycles. The number of benzene rings is 7. The number of nitrogens with zero attached hydrogens (tertiary/aromatic N) is 1. The van der Waals surface area contributed by atoms with Gasteiger partial charge in [-0.1, -0.05) is 153 Å². The van der Waals surface area contributed by atoms with Crippen LogP contribution in [0.15, 0.2) is 181 Å². The van der Waals surface area contributed by atoms with Crippen LogP contribution in [-0.4, -0.2) is 5.54 Å². The lowest BCUT2D eigenvalue weighted by atomic mass is 9.53. The van der Waals surface area contributed by atoms with Gasteiger partial charge in [0.1, 0.15) is 0 Å². The molecule has 5 aliphatic carbocycles. The van der Waals surface area contributed by atoms with Gasteiger partial charge in [0.2, 0.25) is 0 Å². The van der Waals surface area contributed by atoms with E-state index >= 15 is 0 Å². The molecule has 288 valence electrons. The minimum Gasteiger partial charge on any atom is -0.328 e. The van der Waals surface area contributed by atoms with Crippen LogP contribution in [0.3, 0.4) is 0 Å². The van der Waals surface area contributed by atoms with Crippen molar-refractivity contribution in [2.75, 3.05) is 4.90 Å². The highest BCUT2D eigenvalue weighted by Gasteiger charge is 2.59. The third-order valence-electron chi connectivity index (χ3n) is 15.6. The van der Waals surface area contributed by atoms with E-state index in [0.29, 0.717) is 11.8 Å². The predicted octanol–water partition coefficient (Wildman–Crippen LogP) is 14.5. The highest BCUT2D eigenvalue weighted by molar-refractivity contribution is 5.99. The zero-order valence-corrected chi connectivity index (χ0v) is 34.8. The monoisotopic (exact) mass is 769 g/mol. The van der Waals surface area contributed by atoms with Crippen LogP contribution in [0.4, 0.5) is 11.4 Å². The van der Waals surface area contributed by atoms with E-state index in [1.165, 1.54) is 94.8 Å². The van der Waals surface area contributed by atoms with E-state index in [4.69, 9.17) is 0 Å². The van der Waals surface area contributed by atoms with Gasteiger partial charge in [-0.15, -0.1) is 0 Å². The molecule has 7 aromatic carbocycles. The number of anilines is 2. The summed E-state index contributed by atoms with van der Waals surface area (Å²) in [6.07, 6.45) is 7.97.